The Morgan fingerprint density at radius 2 is 2.00 bits per heavy atom. The molecule has 5 nitrogen and oxygen atoms in total. The number of nitrogens with zero attached hydrogens (tertiary/aromatic N) is 3. The number of aryl methyl sites for hydroxylation is 1. The summed E-state index contributed by atoms with van der Waals surface area (Å²) in [5.41, 5.74) is 1.31. The Bertz CT molecular complexity index is 557. The molecule has 1 aromatic carbocycles. The van der Waals surface area contributed by atoms with E-state index in [4.69, 9.17) is 4.74 Å². The molecule has 0 saturated carbocycles. The van der Waals surface area contributed by atoms with Gasteiger partial charge in [-0.1, -0.05) is 17.7 Å². The van der Waals surface area contributed by atoms with Gasteiger partial charge in [0.25, 0.3) is 0 Å². The molecule has 2 heterocycles. The number of guanidine groups is 1. The van der Waals surface area contributed by atoms with Crippen LogP contribution in [0.3, 0.4) is 0 Å². The van der Waals surface area contributed by atoms with Crippen molar-refractivity contribution in [3.63, 3.8) is 0 Å². The third kappa shape index (κ3) is 5.36. The second kappa shape index (κ2) is 9.46. The molecule has 6 heteroatoms. The van der Waals surface area contributed by atoms with E-state index < -0.39 is 0 Å². The number of nitrogens with one attached hydrogen (secondary N) is 1. The van der Waals surface area contributed by atoms with Crippen LogP contribution in [0, 0.1) is 6.92 Å². The number of rotatable bonds is 5. The zero-order valence-electron chi connectivity index (χ0n) is 15.4. The zero-order valence-corrected chi connectivity index (χ0v) is 16.2. The van der Waals surface area contributed by atoms with Crippen molar-refractivity contribution in [1.29, 1.82) is 0 Å². The van der Waals surface area contributed by atoms with Crippen LogP contribution in [0.5, 0.6) is 0 Å². The number of morpholine rings is 1. The summed E-state index contributed by atoms with van der Waals surface area (Å²) in [7, 11) is 1.89. The summed E-state index contributed by atoms with van der Waals surface area (Å²) in [6, 6.07) is 9.38. The number of thioether (sulfide) groups is 1. The first-order valence-electron chi connectivity index (χ1n) is 9.23. The molecule has 2 saturated heterocycles. The smallest absolute Gasteiger partial charge is 0.193 e. The van der Waals surface area contributed by atoms with Gasteiger partial charge in [0.15, 0.2) is 5.96 Å². The summed E-state index contributed by atoms with van der Waals surface area (Å²) >= 11 is 1.89. The molecule has 138 valence electrons. The lowest BCUT2D eigenvalue weighted by atomic mass is 10.2. The normalized spacial score (nSPS) is 22.4. The van der Waals surface area contributed by atoms with Crippen molar-refractivity contribution in [1.82, 2.24) is 15.1 Å². The van der Waals surface area contributed by atoms with Gasteiger partial charge < -0.3 is 15.0 Å². The average molecular weight is 363 g/mol. The third-order valence-corrected chi connectivity index (χ3v) is 5.93. The molecule has 0 bridgehead atoms. The molecule has 2 aliphatic heterocycles. The Hall–Kier alpha value is -1.24. The Balaban J connectivity index is 1.39. The highest BCUT2D eigenvalue weighted by atomic mass is 32.2. The number of benzene rings is 1. The number of likely N-dealkylation sites (tertiary alicyclic amines) is 1. The topological polar surface area (TPSA) is 40.1 Å². The summed E-state index contributed by atoms with van der Waals surface area (Å²) < 4.78 is 5.47. The number of hydrogen-bond donors (Lipinski definition) is 1. The highest BCUT2D eigenvalue weighted by Gasteiger charge is 2.30. The maximum Gasteiger partial charge on any atom is 0.193 e. The van der Waals surface area contributed by atoms with Gasteiger partial charge in [0, 0.05) is 56.5 Å². The largest absolute Gasteiger partial charge is 0.379 e. The van der Waals surface area contributed by atoms with Gasteiger partial charge in [-0.05, 0) is 25.5 Å². The molecule has 0 aliphatic carbocycles. The van der Waals surface area contributed by atoms with Crippen molar-refractivity contribution in [2.75, 3.05) is 58.7 Å². The van der Waals surface area contributed by atoms with Gasteiger partial charge in [0.2, 0.25) is 0 Å². The molecule has 2 fully saturated rings. The lowest BCUT2D eigenvalue weighted by Crippen LogP contribution is -2.47. The van der Waals surface area contributed by atoms with Crippen LogP contribution in [-0.2, 0) is 4.74 Å². The maximum absolute atomic E-state index is 5.47. The molecule has 2 aliphatic rings. The van der Waals surface area contributed by atoms with E-state index in [-0.39, 0.29) is 0 Å². The molecule has 1 atom stereocenters. The Morgan fingerprint density at radius 1 is 1.24 bits per heavy atom. The molecule has 1 aromatic rings. The van der Waals surface area contributed by atoms with E-state index in [1.54, 1.807) is 0 Å². The molecule has 0 aromatic heterocycles. The highest BCUT2D eigenvalue weighted by molar-refractivity contribution is 7.99. The van der Waals surface area contributed by atoms with Crippen LogP contribution in [-0.4, -0.2) is 80.5 Å². The SMILES string of the molecule is CN=C(NCCSc1ccc(C)cc1)N1CCC(N2CCOCC2)C1. The fraction of sp³-hybridized carbons (Fsp3) is 0.632. The molecular formula is C19H30N4OS. The van der Waals surface area contributed by atoms with Crippen molar-refractivity contribution >= 4 is 17.7 Å². The lowest BCUT2D eigenvalue weighted by molar-refractivity contribution is 0.0195. The molecule has 0 amide bonds. The predicted molar refractivity (Wildman–Crippen MR) is 106 cm³/mol. The van der Waals surface area contributed by atoms with Crippen LogP contribution in [0.25, 0.3) is 0 Å². The summed E-state index contributed by atoms with van der Waals surface area (Å²) in [4.78, 5) is 10.8. The van der Waals surface area contributed by atoms with Crippen molar-refractivity contribution < 1.29 is 4.74 Å². The van der Waals surface area contributed by atoms with E-state index in [1.165, 1.54) is 16.9 Å². The standard InChI is InChI=1S/C19H30N4OS/c1-16-3-5-18(6-4-16)25-14-8-21-19(20-2)23-9-7-17(15-23)22-10-12-24-13-11-22/h3-6,17H,7-15H2,1-2H3,(H,20,21). The van der Waals surface area contributed by atoms with Crippen molar-refractivity contribution in [2.24, 2.45) is 4.99 Å². The van der Waals surface area contributed by atoms with Crippen molar-refractivity contribution in [3.05, 3.63) is 29.8 Å². The fourth-order valence-corrected chi connectivity index (χ4v) is 4.24. The molecule has 0 spiro atoms. The Morgan fingerprint density at radius 3 is 2.72 bits per heavy atom. The van der Waals surface area contributed by atoms with Crippen LogP contribution >= 0.6 is 11.8 Å². The van der Waals surface area contributed by atoms with Crippen LogP contribution in [0.2, 0.25) is 0 Å². The van der Waals surface area contributed by atoms with E-state index in [9.17, 15) is 0 Å². The lowest BCUT2D eigenvalue weighted by Gasteiger charge is -2.32. The Labute approximate surface area is 155 Å². The van der Waals surface area contributed by atoms with Gasteiger partial charge in [0.05, 0.1) is 13.2 Å². The number of ether oxygens (including phenoxy) is 1. The van der Waals surface area contributed by atoms with E-state index in [0.717, 1.165) is 57.6 Å². The second-order valence-electron chi connectivity index (χ2n) is 6.67. The molecule has 1 unspecified atom stereocenters. The van der Waals surface area contributed by atoms with Gasteiger partial charge in [-0.2, -0.15) is 0 Å². The first kappa shape index (κ1) is 18.5. The molecule has 1 N–H and O–H groups in total. The van der Waals surface area contributed by atoms with Gasteiger partial charge >= 0.3 is 0 Å². The molecular weight excluding hydrogens is 332 g/mol. The second-order valence-corrected chi connectivity index (χ2v) is 7.84. The van der Waals surface area contributed by atoms with Crippen LogP contribution < -0.4 is 5.32 Å². The molecule has 25 heavy (non-hydrogen) atoms. The number of hydrogen-bond acceptors (Lipinski definition) is 4. The van der Waals surface area contributed by atoms with Gasteiger partial charge in [-0.3, -0.25) is 9.89 Å². The minimum atomic E-state index is 0.643. The first-order valence-corrected chi connectivity index (χ1v) is 10.2. The van der Waals surface area contributed by atoms with Crippen LogP contribution in [0.15, 0.2) is 34.2 Å². The summed E-state index contributed by atoms with van der Waals surface area (Å²) in [6.07, 6.45) is 1.22. The zero-order chi connectivity index (χ0) is 17.5. The van der Waals surface area contributed by atoms with E-state index in [2.05, 4.69) is 51.3 Å². The van der Waals surface area contributed by atoms with E-state index in [1.807, 2.05) is 18.8 Å². The van der Waals surface area contributed by atoms with E-state index in [0.29, 0.717) is 6.04 Å². The van der Waals surface area contributed by atoms with Crippen LogP contribution in [0.1, 0.15) is 12.0 Å². The summed E-state index contributed by atoms with van der Waals surface area (Å²) in [6.45, 7) is 9.11. The number of aliphatic imine (C=N–C) groups is 1. The highest BCUT2D eigenvalue weighted by Crippen LogP contribution is 2.18. The minimum absolute atomic E-state index is 0.643. The molecule has 0 radical (unpaired) electrons. The van der Waals surface area contributed by atoms with Crippen LogP contribution in [0.4, 0.5) is 0 Å². The quantitative estimate of drug-likeness (QED) is 0.376. The van der Waals surface area contributed by atoms with Crippen molar-refractivity contribution in [3.8, 4) is 0 Å². The van der Waals surface area contributed by atoms with Gasteiger partial charge in [-0.25, -0.2) is 0 Å². The minimum Gasteiger partial charge on any atom is -0.379 e. The summed E-state index contributed by atoms with van der Waals surface area (Å²) in [5.74, 6) is 2.09. The first-order chi connectivity index (χ1) is 12.3. The maximum atomic E-state index is 5.47. The fourth-order valence-electron chi connectivity index (χ4n) is 3.47. The van der Waals surface area contributed by atoms with E-state index >= 15 is 0 Å². The van der Waals surface area contributed by atoms with Gasteiger partial charge in [0.1, 0.15) is 0 Å². The predicted octanol–water partition coefficient (Wildman–Crippen LogP) is 2.07. The third-order valence-electron chi connectivity index (χ3n) is 4.91. The van der Waals surface area contributed by atoms with Gasteiger partial charge in [-0.15, -0.1) is 11.8 Å². The Kier molecular flexibility index (Phi) is 7.02. The molecule has 3 rings (SSSR count). The summed E-state index contributed by atoms with van der Waals surface area (Å²) in [5, 5.41) is 3.53. The van der Waals surface area contributed by atoms with Crippen molar-refractivity contribution in [2.45, 2.75) is 24.3 Å². The monoisotopic (exact) mass is 362 g/mol. The average Bonchev–Trinajstić information content (AvgIpc) is 3.14.